The van der Waals surface area contributed by atoms with Crippen LogP contribution in [0.25, 0.3) is 22.1 Å². The van der Waals surface area contributed by atoms with Gasteiger partial charge in [0, 0.05) is 36.8 Å². The minimum absolute atomic E-state index is 0.304. The van der Waals surface area contributed by atoms with E-state index >= 15 is 0 Å². The Balaban J connectivity index is 1.60. The van der Waals surface area contributed by atoms with Crippen molar-refractivity contribution in [3.8, 4) is 0 Å². The zero-order valence-electron chi connectivity index (χ0n) is 17.6. The minimum Gasteiger partial charge on any atom is -0.361 e. The molecule has 2 N–H and O–H groups in total. The number of rotatable bonds is 5. The topological polar surface area (TPSA) is 102 Å². The summed E-state index contributed by atoms with van der Waals surface area (Å²) in [6, 6.07) is 17.7. The first kappa shape index (κ1) is 19.6. The first-order chi connectivity index (χ1) is 15.5. The Kier molecular flexibility index (Phi) is 4.70. The zero-order valence-corrected chi connectivity index (χ0v) is 17.6. The number of aryl methyl sites for hydroxylation is 1. The van der Waals surface area contributed by atoms with E-state index in [1.807, 2.05) is 60.8 Å². The number of benzene rings is 2. The van der Waals surface area contributed by atoms with Crippen molar-refractivity contribution < 1.29 is 0 Å². The monoisotopic (exact) mass is 427 g/mol. The number of hydrazone groups is 1. The molecule has 0 fully saturated rings. The lowest BCUT2D eigenvalue weighted by molar-refractivity contribution is 0.702. The third-order valence-electron chi connectivity index (χ3n) is 5.52. The molecule has 32 heavy (non-hydrogen) atoms. The number of fused-ring (bicyclic) bond motifs is 2. The molecule has 9 nitrogen and oxygen atoms in total. The molecule has 9 heteroatoms. The van der Waals surface area contributed by atoms with Gasteiger partial charge in [-0.3, -0.25) is 18.5 Å². The lowest BCUT2D eigenvalue weighted by atomic mass is 10.2. The molecule has 3 heterocycles. The number of hydrogen-bond acceptors (Lipinski definition) is 5. The summed E-state index contributed by atoms with van der Waals surface area (Å²) in [6.45, 7) is 0.399. The van der Waals surface area contributed by atoms with E-state index in [0.29, 0.717) is 23.7 Å². The number of para-hydroxylation sites is 1. The van der Waals surface area contributed by atoms with Crippen LogP contribution in [0.1, 0.15) is 11.1 Å². The molecule has 5 rings (SSSR count). The molecule has 0 spiro atoms. The molecule has 0 amide bonds. The molecule has 0 bridgehead atoms. The summed E-state index contributed by atoms with van der Waals surface area (Å²) in [6.07, 6.45) is 3.57. The van der Waals surface area contributed by atoms with E-state index in [1.54, 1.807) is 17.8 Å². The number of nitrogens with one attached hydrogen (secondary N) is 2. The maximum absolute atomic E-state index is 13.0. The average molecular weight is 427 g/mol. The highest BCUT2D eigenvalue weighted by Gasteiger charge is 2.19. The van der Waals surface area contributed by atoms with Crippen LogP contribution in [0.4, 0.5) is 5.95 Å². The summed E-state index contributed by atoms with van der Waals surface area (Å²) in [4.78, 5) is 33.1. The molecule has 0 radical (unpaired) electrons. The Morgan fingerprint density at radius 1 is 1.03 bits per heavy atom. The first-order valence-corrected chi connectivity index (χ1v) is 10.1. The fraction of sp³-hybridized carbons (Fsp3) is 0.130. The minimum atomic E-state index is -0.430. The molecular weight excluding hydrogens is 406 g/mol. The third-order valence-corrected chi connectivity index (χ3v) is 5.52. The van der Waals surface area contributed by atoms with Gasteiger partial charge < -0.3 is 4.98 Å². The van der Waals surface area contributed by atoms with E-state index in [0.717, 1.165) is 26.6 Å². The average Bonchev–Trinajstić information content (AvgIpc) is 3.39. The van der Waals surface area contributed by atoms with E-state index < -0.39 is 11.2 Å². The van der Waals surface area contributed by atoms with Gasteiger partial charge in [-0.25, -0.2) is 10.2 Å². The van der Waals surface area contributed by atoms with Crippen LogP contribution in [0.3, 0.4) is 0 Å². The largest absolute Gasteiger partial charge is 0.361 e. The highest BCUT2D eigenvalue weighted by molar-refractivity contribution is 5.99. The van der Waals surface area contributed by atoms with E-state index in [9.17, 15) is 9.59 Å². The Hall–Kier alpha value is -4.40. The molecule has 160 valence electrons. The Morgan fingerprint density at radius 3 is 2.59 bits per heavy atom. The van der Waals surface area contributed by atoms with Crippen molar-refractivity contribution in [1.29, 1.82) is 0 Å². The van der Waals surface area contributed by atoms with E-state index in [1.165, 1.54) is 11.6 Å². The van der Waals surface area contributed by atoms with Crippen molar-refractivity contribution in [2.24, 2.45) is 19.2 Å². The van der Waals surface area contributed by atoms with Crippen LogP contribution in [0.2, 0.25) is 0 Å². The standard InChI is InChI=1S/C23H21N7O2/c1-28-20-19(21(31)29(2)23(28)32)30(14-15-8-4-3-5-9-15)22(26-20)27-25-13-16-12-24-18-11-7-6-10-17(16)18/h3-13,24H,14H2,1-2H3,(H,26,27). The van der Waals surface area contributed by atoms with Gasteiger partial charge in [0.05, 0.1) is 12.8 Å². The molecule has 0 aliphatic rings. The molecule has 2 aromatic carbocycles. The second-order valence-electron chi connectivity index (χ2n) is 7.54. The lowest BCUT2D eigenvalue weighted by Gasteiger charge is -2.09. The number of imidazole rings is 1. The maximum atomic E-state index is 13.0. The van der Waals surface area contributed by atoms with Crippen molar-refractivity contribution in [2.45, 2.75) is 6.54 Å². The lowest BCUT2D eigenvalue weighted by Crippen LogP contribution is -2.37. The predicted molar refractivity (Wildman–Crippen MR) is 125 cm³/mol. The molecule has 0 aliphatic heterocycles. The molecule has 0 unspecified atom stereocenters. The Morgan fingerprint density at radius 2 is 1.78 bits per heavy atom. The normalized spacial score (nSPS) is 11.7. The maximum Gasteiger partial charge on any atom is 0.332 e. The summed E-state index contributed by atoms with van der Waals surface area (Å²) in [7, 11) is 3.06. The van der Waals surface area contributed by atoms with Gasteiger partial charge in [-0.1, -0.05) is 48.5 Å². The fourth-order valence-electron chi connectivity index (χ4n) is 3.81. The van der Waals surface area contributed by atoms with Gasteiger partial charge in [0.25, 0.3) is 5.56 Å². The number of aromatic amines is 1. The SMILES string of the molecule is Cn1c(=O)c2c(nc(NN=Cc3c[nH]c4ccccc34)n2Cc2ccccc2)n(C)c1=O. The third kappa shape index (κ3) is 3.20. The summed E-state index contributed by atoms with van der Waals surface area (Å²) < 4.78 is 4.20. The van der Waals surface area contributed by atoms with Gasteiger partial charge in [0.1, 0.15) is 0 Å². The van der Waals surface area contributed by atoms with Crippen LogP contribution >= 0.6 is 0 Å². The second-order valence-corrected chi connectivity index (χ2v) is 7.54. The van der Waals surface area contributed by atoms with Crippen molar-refractivity contribution in [3.63, 3.8) is 0 Å². The number of hydrogen-bond donors (Lipinski definition) is 2. The van der Waals surface area contributed by atoms with Crippen molar-refractivity contribution >= 4 is 34.2 Å². The van der Waals surface area contributed by atoms with Gasteiger partial charge in [0.15, 0.2) is 11.2 Å². The van der Waals surface area contributed by atoms with Crippen molar-refractivity contribution in [2.75, 3.05) is 5.43 Å². The molecular formula is C23H21N7O2. The van der Waals surface area contributed by atoms with Gasteiger partial charge in [-0.05, 0) is 11.6 Å². The molecule has 0 saturated carbocycles. The molecule has 3 aromatic heterocycles. The second kappa shape index (κ2) is 7.69. The molecule has 0 aliphatic carbocycles. The quantitative estimate of drug-likeness (QED) is 0.332. The van der Waals surface area contributed by atoms with Crippen LogP contribution in [-0.2, 0) is 20.6 Å². The van der Waals surface area contributed by atoms with Crippen molar-refractivity contribution in [1.82, 2.24) is 23.7 Å². The number of aromatic nitrogens is 5. The van der Waals surface area contributed by atoms with Gasteiger partial charge in [0.2, 0.25) is 5.95 Å². The summed E-state index contributed by atoms with van der Waals surface area (Å²) in [5, 5.41) is 5.41. The predicted octanol–water partition coefficient (Wildman–Crippen LogP) is 2.41. The van der Waals surface area contributed by atoms with Crippen LogP contribution in [0.5, 0.6) is 0 Å². The van der Waals surface area contributed by atoms with Gasteiger partial charge >= 0.3 is 5.69 Å². The van der Waals surface area contributed by atoms with E-state index in [-0.39, 0.29) is 0 Å². The zero-order chi connectivity index (χ0) is 22.2. The molecule has 0 atom stereocenters. The van der Waals surface area contributed by atoms with Crippen LogP contribution in [0, 0.1) is 0 Å². The highest BCUT2D eigenvalue weighted by Crippen LogP contribution is 2.19. The summed E-state index contributed by atoms with van der Waals surface area (Å²) in [5.74, 6) is 0.373. The Labute approximate surface area is 182 Å². The Bertz CT molecular complexity index is 1590. The number of nitrogens with zero attached hydrogens (tertiary/aromatic N) is 5. The fourth-order valence-corrected chi connectivity index (χ4v) is 3.81. The highest BCUT2D eigenvalue weighted by atomic mass is 16.2. The summed E-state index contributed by atoms with van der Waals surface area (Å²) in [5.41, 5.74) is 5.70. The first-order valence-electron chi connectivity index (χ1n) is 10.1. The number of anilines is 1. The van der Waals surface area contributed by atoms with Crippen LogP contribution < -0.4 is 16.7 Å². The van der Waals surface area contributed by atoms with E-state index in [2.05, 4.69) is 20.5 Å². The summed E-state index contributed by atoms with van der Waals surface area (Å²) >= 11 is 0. The number of H-pyrrole nitrogens is 1. The van der Waals surface area contributed by atoms with Crippen molar-refractivity contribution in [3.05, 3.63) is 92.8 Å². The van der Waals surface area contributed by atoms with E-state index in [4.69, 9.17) is 0 Å². The van der Waals surface area contributed by atoms with Gasteiger partial charge in [-0.2, -0.15) is 10.1 Å². The smallest absolute Gasteiger partial charge is 0.332 e. The van der Waals surface area contributed by atoms with Gasteiger partial charge in [-0.15, -0.1) is 0 Å². The van der Waals surface area contributed by atoms with Crippen LogP contribution in [0.15, 0.2) is 75.5 Å². The molecule has 5 aromatic rings. The van der Waals surface area contributed by atoms with Crippen LogP contribution in [-0.4, -0.2) is 29.9 Å². The molecule has 0 saturated heterocycles.